The zero-order chi connectivity index (χ0) is 25.2. The summed E-state index contributed by atoms with van der Waals surface area (Å²) in [4.78, 5) is 24.9. The number of para-hydroxylation sites is 1. The van der Waals surface area contributed by atoms with E-state index in [0.717, 1.165) is 16.8 Å². The predicted molar refractivity (Wildman–Crippen MR) is 136 cm³/mol. The highest BCUT2D eigenvalue weighted by Crippen LogP contribution is 2.29. The van der Waals surface area contributed by atoms with E-state index in [9.17, 15) is 14.9 Å². The van der Waals surface area contributed by atoms with Crippen LogP contribution in [0, 0.1) is 25.2 Å². The van der Waals surface area contributed by atoms with Crippen molar-refractivity contribution in [2.45, 2.75) is 20.8 Å². The van der Waals surface area contributed by atoms with Gasteiger partial charge in [0.15, 0.2) is 18.1 Å². The van der Waals surface area contributed by atoms with Gasteiger partial charge in [-0.25, -0.2) is 0 Å². The molecule has 3 aromatic carbocycles. The van der Waals surface area contributed by atoms with E-state index in [1.165, 1.54) is 6.08 Å². The van der Waals surface area contributed by atoms with Gasteiger partial charge >= 0.3 is 0 Å². The van der Waals surface area contributed by atoms with Crippen molar-refractivity contribution in [2.24, 2.45) is 0 Å². The number of rotatable bonds is 9. The van der Waals surface area contributed by atoms with Gasteiger partial charge < -0.3 is 20.1 Å². The number of carbonyl (C=O) groups excluding carboxylic acids is 2. The predicted octanol–water partition coefficient (Wildman–Crippen LogP) is 5.27. The van der Waals surface area contributed by atoms with Crippen LogP contribution in [0.15, 0.2) is 72.3 Å². The second kappa shape index (κ2) is 12.1. The van der Waals surface area contributed by atoms with Crippen LogP contribution in [0.3, 0.4) is 0 Å². The zero-order valence-electron chi connectivity index (χ0n) is 19.9. The van der Waals surface area contributed by atoms with Gasteiger partial charge in [-0.05, 0) is 73.9 Å². The van der Waals surface area contributed by atoms with Gasteiger partial charge in [0.1, 0.15) is 11.6 Å². The van der Waals surface area contributed by atoms with Crippen LogP contribution >= 0.6 is 0 Å². The SMILES string of the molecule is CCOc1cc(/C=C(\C#N)C(=O)Nc2ccccc2)ccc1OCC(=O)Nc1cccc(C)c1C. The van der Waals surface area contributed by atoms with Crippen LogP contribution in [0.1, 0.15) is 23.6 Å². The van der Waals surface area contributed by atoms with Crippen LogP contribution < -0.4 is 20.1 Å². The van der Waals surface area contributed by atoms with E-state index < -0.39 is 5.91 Å². The van der Waals surface area contributed by atoms with Gasteiger partial charge in [-0.15, -0.1) is 0 Å². The van der Waals surface area contributed by atoms with Gasteiger partial charge in [-0.3, -0.25) is 9.59 Å². The van der Waals surface area contributed by atoms with Crippen molar-refractivity contribution in [3.63, 3.8) is 0 Å². The highest BCUT2D eigenvalue weighted by Gasteiger charge is 2.13. The molecule has 0 fully saturated rings. The molecule has 0 aliphatic carbocycles. The molecule has 178 valence electrons. The molecule has 35 heavy (non-hydrogen) atoms. The summed E-state index contributed by atoms with van der Waals surface area (Å²) in [5.41, 5.74) is 3.94. The molecule has 0 saturated carbocycles. The molecule has 2 amide bonds. The highest BCUT2D eigenvalue weighted by molar-refractivity contribution is 6.09. The van der Waals surface area contributed by atoms with Gasteiger partial charge in [0, 0.05) is 11.4 Å². The lowest BCUT2D eigenvalue weighted by atomic mass is 10.1. The minimum atomic E-state index is -0.514. The molecule has 0 heterocycles. The number of nitrogens with zero attached hydrogens (tertiary/aromatic N) is 1. The first kappa shape index (κ1) is 25.1. The molecule has 3 rings (SSSR count). The number of aryl methyl sites for hydroxylation is 1. The topological polar surface area (TPSA) is 100 Å². The molecule has 2 N–H and O–H groups in total. The molecule has 0 bridgehead atoms. The fourth-order valence-corrected chi connectivity index (χ4v) is 3.25. The fourth-order valence-electron chi connectivity index (χ4n) is 3.25. The minimum Gasteiger partial charge on any atom is -0.490 e. The quantitative estimate of drug-likeness (QED) is 0.329. The van der Waals surface area contributed by atoms with Crippen molar-refractivity contribution in [1.29, 1.82) is 5.26 Å². The number of anilines is 2. The van der Waals surface area contributed by atoms with Crippen LogP contribution in [0.5, 0.6) is 11.5 Å². The van der Waals surface area contributed by atoms with E-state index in [1.54, 1.807) is 42.5 Å². The lowest BCUT2D eigenvalue weighted by Crippen LogP contribution is -2.21. The third kappa shape index (κ3) is 6.95. The standard InChI is InChI=1S/C28H27N3O4/c1-4-34-26-16-21(15-22(17-29)28(33)30-23-10-6-5-7-11-23)13-14-25(26)35-18-27(32)31-24-12-8-9-19(2)20(24)3/h5-16H,4,18H2,1-3H3,(H,30,33)(H,31,32)/b22-15+. The van der Waals surface area contributed by atoms with Crippen LogP contribution in [0.25, 0.3) is 6.08 Å². The molecule has 7 heteroatoms. The molecule has 0 aromatic heterocycles. The largest absolute Gasteiger partial charge is 0.490 e. The Labute approximate surface area is 205 Å². The maximum absolute atomic E-state index is 12.5. The van der Waals surface area contributed by atoms with E-state index in [1.807, 2.05) is 51.1 Å². The molecule has 0 unspecified atom stereocenters. The second-order valence-electron chi connectivity index (χ2n) is 7.71. The van der Waals surface area contributed by atoms with Crippen molar-refractivity contribution < 1.29 is 19.1 Å². The summed E-state index contributed by atoms with van der Waals surface area (Å²) in [5.74, 6) is -0.0246. The van der Waals surface area contributed by atoms with Crippen LogP contribution in [-0.2, 0) is 9.59 Å². The fraction of sp³-hybridized carbons (Fsp3) is 0.179. The Balaban J connectivity index is 1.71. The van der Waals surface area contributed by atoms with E-state index in [2.05, 4.69) is 10.6 Å². The Morgan fingerprint density at radius 2 is 1.71 bits per heavy atom. The normalized spacial score (nSPS) is 10.7. The summed E-state index contributed by atoms with van der Waals surface area (Å²) in [6.07, 6.45) is 1.47. The van der Waals surface area contributed by atoms with E-state index in [0.29, 0.717) is 29.4 Å². The van der Waals surface area contributed by atoms with E-state index >= 15 is 0 Å². The molecular formula is C28H27N3O4. The Morgan fingerprint density at radius 1 is 0.943 bits per heavy atom. The second-order valence-corrected chi connectivity index (χ2v) is 7.71. The summed E-state index contributed by atoms with van der Waals surface area (Å²) < 4.78 is 11.4. The molecule has 7 nitrogen and oxygen atoms in total. The third-order valence-corrected chi connectivity index (χ3v) is 5.21. The van der Waals surface area contributed by atoms with Gasteiger partial charge in [0.25, 0.3) is 11.8 Å². The van der Waals surface area contributed by atoms with E-state index in [-0.39, 0.29) is 18.1 Å². The molecule has 3 aromatic rings. The van der Waals surface area contributed by atoms with Crippen LogP contribution in [0.2, 0.25) is 0 Å². The Kier molecular flexibility index (Phi) is 8.63. The smallest absolute Gasteiger partial charge is 0.266 e. The van der Waals surface area contributed by atoms with Crippen molar-refractivity contribution in [3.8, 4) is 17.6 Å². The van der Waals surface area contributed by atoms with Crippen molar-refractivity contribution in [2.75, 3.05) is 23.8 Å². The number of amides is 2. The number of benzene rings is 3. The van der Waals surface area contributed by atoms with Crippen molar-refractivity contribution in [3.05, 3.63) is 89.0 Å². The first-order valence-corrected chi connectivity index (χ1v) is 11.1. The number of carbonyl (C=O) groups is 2. The average molecular weight is 470 g/mol. The molecule has 0 atom stereocenters. The first-order chi connectivity index (χ1) is 16.9. The summed E-state index contributed by atoms with van der Waals surface area (Å²) in [6, 6.07) is 21.5. The number of hydrogen-bond acceptors (Lipinski definition) is 5. The van der Waals surface area contributed by atoms with Gasteiger partial charge in [0.05, 0.1) is 6.61 Å². The molecule has 0 spiro atoms. The monoisotopic (exact) mass is 469 g/mol. The molecule has 0 saturated heterocycles. The molecular weight excluding hydrogens is 442 g/mol. The Morgan fingerprint density at radius 3 is 2.43 bits per heavy atom. The van der Waals surface area contributed by atoms with Gasteiger partial charge in [-0.2, -0.15) is 5.26 Å². The Bertz CT molecular complexity index is 1280. The maximum atomic E-state index is 12.5. The third-order valence-electron chi connectivity index (χ3n) is 5.21. The maximum Gasteiger partial charge on any atom is 0.266 e. The number of ether oxygens (including phenoxy) is 2. The van der Waals surface area contributed by atoms with Crippen LogP contribution in [-0.4, -0.2) is 25.0 Å². The van der Waals surface area contributed by atoms with E-state index in [4.69, 9.17) is 9.47 Å². The number of hydrogen-bond donors (Lipinski definition) is 2. The number of nitriles is 1. The zero-order valence-corrected chi connectivity index (χ0v) is 19.9. The average Bonchev–Trinajstić information content (AvgIpc) is 2.85. The summed E-state index contributed by atoms with van der Waals surface area (Å²) >= 11 is 0. The summed E-state index contributed by atoms with van der Waals surface area (Å²) in [7, 11) is 0. The summed E-state index contributed by atoms with van der Waals surface area (Å²) in [5, 5.41) is 15.0. The summed E-state index contributed by atoms with van der Waals surface area (Å²) in [6.45, 7) is 5.92. The van der Waals surface area contributed by atoms with Gasteiger partial charge in [-0.1, -0.05) is 36.4 Å². The number of nitrogens with one attached hydrogen (secondary N) is 2. The Hall–Kier alpha value is -4.57. The van der Waals surface area contributed by atoms with Crippen LogP contribution in [0.4, 0.5) is 11.4 Å². The van der Waals surface area contributed by atoms with Crippen molar-refractivity contribution in [1.82, 2.24) is 0 Å². The highest BCUT2D eigenvalue weighted by atomic mass is 16.5. The minimum absolute atomic E-state index is 0.0575. The van der Waals surface area contributed by atoms with Gasteiger partial charge in [0.2, 0.25) is 0 Å². The molecule has 0 aliphatic heterocycles. The van der Waals surface area contributed by atoms with Crippen molar-refractivity contribution >= 4 is 29.3 Å². The lowest BCUT2D eigenvalue weighted by Gasteiger charge is -2.14. The first-order valence-electron chi connectivity index (χ1n) is 11.1. The molecule has 0 radical (unpaired) electrons. The lowest BCUT2D eigenvalue weighted by molar-refractivity contribution is -0.118. The molecule has 0 aliphatic rings.